The molecule has 2 rings (SSSR count). The van der Waals surface area contributed by atoms with Crippen LogP contribution >= 0.6 is 0 Å². The van der Waals surface area contributed by atoms with E-state index in [0.29, 0.717) is 5.69 Å². The molecule has 0 radical (unpaired) electrons. The maximum absolute atomic E-state index is 12.4. The summed E-state index contributed by atoms with van der Waals surface area (Å²) in [6.07, 6.45) is 0. The monoisotopic (exact) mass is 334 g/mol. The maximum atomic E-state index is 12.4. The van der Waals surface area contributed by atoms with Crippen molar-refractivity contribution in [2.75, 3.05) is 10.6 Å². The number of amides is 2. The number of benzene rings is 2. The first-order chi connectivity index (χ1) is 11.4. The first-order valence-corrected chi connectivity index (χ1v) is 7.10. The Morgan fingerprint density at radius 1 is 1.04 bits per heavy atom. The third-order valence-corrected chi connectivity index (χ3v) is 3.16. The van der Waals surface area contributed by atoms with Crippen molar-refractivity contribution in [1.82, 2.24) is 0 Å². The van der Waals surface area contributed by atoms with Gasteiger partial charge in [0.2, 0.25) is 5.91 Å². The van der Waals surface area contributed by atoms with Gasteiger partial charge in [0.05, 0.1) is 5.69 Å². The summed E-state index contributed by atoms with van der Waals surface area (Å²) in [4.78, 5) is 23.5. The van der Waals surface area contributed by atoms with Crippen molar-refractivity contribution >= 4 is 23.2 Å². The second kappa shape index (κ2) is 7.54. The summed E-state index contributed by atoms with van der Waals surface area (Å²) in [5, 5.41) is 5.15. The highest BCUT2D eigenvalue weighted by atomic mass is 19.3. The van der Waals surface area contributed by atoms with Crippen LogP contribution < -0.4 is 15.4 Å². The summed E-state index contributed by atoms with van der Waals surface area (Å²) in [7, 11) is 0. The molecule has 0 aliphatic heterocycles. The number of para-hydroxylation sites is 2. The number of hydrogen-bond donors (Lipinski definition) is 2. The van der Waals surface area contributed by atoms with E-state index in [1.165, 1.54) is 31.2 Å². The molecular formula is C17H16F2N2O3. The minimum atomic E-state index is -2.99. The minimum Gasteiger partial charge on any atom is -0.433 e. The summed E-state index contributed by atoms with van der Waals surface area (Å²) in [5.74, 6) is -0.895. The Morgan fingerprint density at radius 2 is 1.75 bits per heavy atom. The van der Waals surface area contributed by atoms with Crippen LogP contribution in [0.25, 0.3) is 0 Å². The highest BCUT2D eigenvalue weighted by molar-refractivity contribution is 6.06. The molecule has 0 heterocycles. The fourth-order valence-corrected chi connectivity index (χ4v) is 2.05. The van der Waals surface area contributed by atoms with E-state index in [1.807, 2.05) is 0 Å². The van der Waals surface area contributed by atoms with E-state index in [4.69, 9.17) is 0 Å². The molecule has 0 aromatic heterocycles. The van der Waals surface area contributed by atoms with Crippen molar-refractivity contribution in [3.8, 4) is 5.75 Å². The number of nitrogens with one attached hydrogen (secondary N) is 2. The van der Waals surface area contributed by atoms with Gasteiger partial charge in [0.1, 0.15) is 5.75 Å². The molecule has 126 valence electrons. The number of ether oxygens (including phenoxy) is 1. The summed E-state index contributed by atoms with van der Waals surface area (Å²) in [5.41, 5.74) is 1.70. The molecule has 0 saturated heterocycles. The fraction of sp³-hybridized carbons (Fsp3) is 0.176. The zero-order valence-electron chi connectivity index (χ0n) is 13.1. The van der Waals surface area contributed by atoms with Gasteiger partial charge >= 0.3 is 6.61 Å². The highest BCUT2D eigenvalue weighted by Gasteiger charge is 2.14. The number of carbonyl (C=O) groups is 2. The van der Waals surface area contributed by atoms with Crippen LogP contribution in [0.4, 0.5) is 20.2 Å². The normalized spacial score (nSPS) is 10.4. The summed E-state index contributed by atoms with van der Waals surface area (Å²) in [6, 6.07) is 10.7. The zero-order valence-corrected chi connectivity index (χ0v) is 13.1. The van der Waals surface area contributed by atoms with E-state index in [1.54, 1.807) is 25.1 Å². The molecule has 2 amide bonds. The lowest BCUT2D eigenvalue weighted by Gasteiger charge is -2.13. The molecule has 5 nitrogen and oxygen atoms in total. The molecule has 0 spiro atoms. The third kappa shape index (κ3) is 4.52. The zero-order chi connectivity index (χ0) is 17.7. The fourth-order valence-electron chi connectivity index (χ4n) is 2.05. The Balaban J connectivity index is 2.23. The van der Waals surface area contributed by atoms with Gasteiger partial charge in [0.15, 0.2) is 0 Å². The summed E-state index contributed by atoms with van der Waals surface area (Å²) < 4.78 is 29.2. The molecule has 0 aliphatic rings. The molecule has 2 aromatic rings. The van der Waals surface area contributed by atoms with Crippen LogP contribution in [0, 0.1) is 6.92 Å². The number of hydrogen-bond acceptors (Lipinski definition) is 3. The minimum absolute atomic E-state index is 0.129. The largest absolute Gasteiger partial charge is 0.433 e. The first kappa shape index (κ1) is 17.4. The van der Waals surface area contributed by atoms with Gasteiger partial charge in [-0.3, -0.25) is 9.59 Å². The van der Waals surface area contributed by atoms with Crippen LogP contribution in [-0.2, 0) is 4.79 Å². The van der Waals surface area contributed by atoms with E-state index < -0.39 is 12.5 Å². The number of anilines is 2. The van der Waals surface area contributed by atoms with Gasteiger partial charge < -0.3 is 15.4 Å². The topological polar surface area (TPSA) is 67.4 Å². The second-order valence-corrected chi connectivity index (χ2v) is 5.04. The van der Waals surface area contributed by atoms with Crippen LogP contribution in [0.3, 0.4) is 0 Å². The van der Waals surface area contributed by atoms with Gasteiger partial charge in [-0.15, -0.1) is 0 Å². The smallest absolute Gasteiger partial charge is 0.387 e. The molecule has 0 saturated carbocycles. The van der Waals surface area contributed by atoms with Gasteiger partial charge in [-0.2, -0.15) is 8.78 Å². The van der Waals surface area contributed by atoms with Crippen LogP contribution in [0.15, 0.2) is 42.5 Å². The van der Waals surface area contributed by atoms with E-state index in [9.17, 15) is 18.4 Å². The molecule has 2 N–H and O–H groups in total. The molecule has 0 fully saturated rings. The van der Waals surface area contributed by atoms with Crippen LogP contribution in [0.2, 0.25) is 0 Å². The van der Waals surface area contributed by atoms with Crippen molar-refractivity contribution in [2.24, 2.45) is 0 Å². The maximum Gasteiger partial charge on any atom is 0.387 e. The van der Waals surface area contributed by atoms with E-state index >= 15 is 0 Å². The molecule has 0 aliphatic carbocycles. The van der Waals surface area contributed by atoms with Gasteiger partial charge in [0.25, 0.3) is 5.91 Å². The Labute approximate surface area is 137 Å². The van der Waals surface area contributed by atoms with Gasteiger partial charge in [-0.1, -0.05) is 18.2 Å². The Hall–Kier alpha value is -2.96. The van der Waals surface area contributed by atoms with Gasteiger partial charge in [-0.25, -0.2) is 0 Å². The predicted octanol–water partition coefficient (Wildman–Crippen LogP) is 3.81. The highest BCUT2D eigenvalue weighted by Crippen LogP contribution is 2.26. The molecular weight excluding hydrogens is 318 g/mol. The third-order valence-electron chi connectivity index (χ3n) is 3.16. The van der Waals surface area contributed by atoms with Gasteiger partial charge in [0, 0.05) is 18.2 Å². The van der Waals surface area contributed by atoms with E-state index in [0.717, 1.165) is 5.56 Å². The molecule has 0 atom stereocenters. The van der Waals surface area contributed by atoms with Crippen molar-refractivity contribution in [3.63, 3.8) is 0 Å². The van der Waals surface area contributed by atoms with Crippen LogP contribution in [0.5, 0.6) is 5.75 Å². The van der Waals surface area contributed by atoms with Crippen LogP contribution in [0.1, 0.15) is 22.8 Å². The lowest BCUT2D eigenvalue weighted by Crippen LogP contribution is -2.15. The number of aryl methyl sites for hydroxylation is 1. The predicted molar refractivity (Wildman–Crippen MR) is 86.5 cm³/mol. The second-order valence-electron chi connectivity index (χ2n) is 5.04. The summed E-state index contributed by atoms with van der Waals surface area (Å²) in [6.45, 7) is 0.164. The SMILES string of the molecule is CC(=O)Nc1cc(C(=O)Nc2ccccc2OC(F)F)ccc1C. The van der Waals surface area contributed by atoms with Crippen molar-refractivity contribution in [2.45, 2.75) is 20.5 Å². The van der Waals surface area contributed by atoms with Crippen molar-refractivity contribution in [3.05, 3.63) is 53.6 Å². The Bertz CT molecular complexity index is 763. The average Bonchev–Trinajstić information content (AvgIpc) is 2.50. The number of carbonyl (C=O) groups excluding carboxylic acids is 2. The Kier molecular flexibility index (Phi) is 5.47. The summed E-state index contributed by atoms with van der Waals surface area (Å²) >= 11 is 0. The Morgan fingerprint density at radius 3 is 2.42 bits per heavy atom. The number of alkyl halides is 2. The molecule has 0 unspecified atom stereocenters. The lowest BCUT2D eigenvalue weighted by molar-refractivity contribution is -0.114. The quantitative estimate of drug-likeness (QED) is 0.874. The first-order valence-electron chi connectivity index (χ1n) is 7.10. The van der Waals surface area contributed by atoms with E-state index in [2.05, 4.69) is 15.4 Å². The molecule has 24 heavy (non-hydrogen) atoms. The lowest BCUT2D eigenvalue weighted by atomic mass is 10.1. The van der Waals surface area contributed by atoms with E-state index in [-0.39, 0.29) is 22.9 Å². The average molecular weight is 334 g/mol. The number of rotatable bonds is 5. The van der Waals surface area contributed by atoms with Crippen molar-refractivity contribution < 1.29 is 23.1 Å². The molecule has 0 bridgehead atoms. The number of halogens is 2. The molecule has 2 aromatic carbocycles. The van der Waals surface area contributed by atoms with Crippen LogP contribution in [-0.4, -0.2) is 18.4 Å². The molecule has 7 heteroatoms. The van der Waals surface area contributed by atoms with Crippen molar-refractivity contribution in [1.29, 1.82) is 0 Å². The van der Waals surface area contributed by atoms with Gasteiger partial charge in [-0.05, 0) is 36.8 Å². The standard InChI is InChI=1S/C17H16F2N2O3/c1-10-7-8-12(9-14(10)20-11(2)22)16(23)21-13-5-3-4-6-15(13)24-17(18)19/h3-9,17H,1-2H3,(H,20,22)(H,21,23).